The lowest BCUT2D eigenvalue weighted by Crippen LogP contribution is -2.31. The standard InChI is InChI=1S/C22H27NO3/c1-13-10-21(24)15(3)20-11-16(8-9-19(13)20)14(2)22(25)23-17-6-5-7-18(12-17)26-4/h5-7,10,12,14,16,24H,8-9,11H2,1-4H3,(H,23,25)/t14-,16-/m1/s1. The molecular weight excluding hydrogens is 326 g/mol. The number of hydrogen-bond acceptors (Lipinski definition) is 3. The summed E-state index contributed by atoms with van der Waals surface area (Å²) in [5.41, 5.74) is 5.42. The van der Waals surface area contributed by atoms with Crippen LogP contribution in [-0.2, 0) is 17.6 Å². The minimum atomic E-state index is -0.101. The number of anilines is 1. The summed E-state index contributed by atoms with van der Waals surface area (Å²) in [6.45, 7) is 6.02. The molecule has 0 aliphatic heterocycles. The van der Waals surface area contributed by atoms with Crippen LogP contribution in [-0.4, -0.2) is 18.1 Å². The minimum absolute atomic E-state index is 0.0289. The molecule has 2 aromatic rings. The van der Waals surface area contributed by atoms with Crippen LogP contribution in [0.3, 0.4) is 0 Å². The van der Waals surface area contributed by atoms with Crippen molar-refractivity contribution in [2.24, 2.45) is 11.8 Å². The maximum absolute atomic E-state index is 12.7. The first-order valence-electron chi connectivity index (χ1n) is 9.16. The van der Waals surface area contributed by atoms with Crippen molar-refractivity contribution in [1.29, 1.82) is 0 Å². The topological polar surface area (TPSA) is 58.6 Å². The first kappa shape index (κ1) is 18.3. The summed E-state index contributed by atoms with van der Waals surface area (Å²) >= 11 is 0. The molecule has 26 heavy (non-hydrogen) atoms. The fourth-order valence-corrected chi connectivity index (χ4v) is 3.94. The van der Waals surface area contributed by atoms with Crippen LogP contribution in [0, 0.1) is 25.7 Å². The Kier molecular flexibility index (Phi) is 5.21. The quantitative estimate of drug-likeness (QED) is 0.857. The molecule has 2 atom stereocenters. The summed E-state index contributed by atoms with van der Waals surface area (Å²) in [6, 6.07) is 9.27. The number of carbonyl (C=O) groups excluding carboxylic acids is 1. The molecule has 1 aliphatic carbocycles. The van der Waals surface area contributed by atoms with Gasteiger partial charge >= 0.3 is 0 Å². The lowest BCUT2D eigenvalue weighted by atomic mass is 9.75. The summed E-state index contributed by atoms with van der Waals surface area (Å²) < 4.78 is 5.21. The van der Waals surface area contributed by atoms with Crippen molar-refractivity contribution < 1.29 is 14.6 Å². The highest BCUT2D eigenvalue weighted by molar-refractivity contribution is 5.92. The largest absolute Gasteiger partial charge is 0.508 e. The van der Waals surface area contributed by atoms with Gasteiger partial charge < -0.3 is 15.2 Å². The first-order valence-corrected chi connectivity index (χ1v) is 9.16. The smallest absolute Gasteiger partial charge is 0.227 e. The van der Waals surface area contributed by atoms with Crippen LogP contribution in [0.1, 0.15) is 35.6 Å². The molecule has 0 heterocycles. The van der Waals surface area contributed by atoms with E-state index >= 15 is 0 Å². The second-order valence-electron chi connectivity index (χ2n) is 7.31. The Morgan fingerprint density at radius 1 is 1.27 bits per heavy atom. The molecule has 1 amide bonds. The fraction of sp³-hybridized carbons (Fsp3) is 0.409. The Labute approximate surface area is 155 Å². The van der Waals surface area contributed by atoms with Crippen LogP contribution in [0.5, 0.6) is 11.5 Å². The van der Waals surface area contributed by atoms with E-state index in [-0.39, 0.29) is 17.7 Å². The third kappa shape index (κ3) is 3.55. The number of benzene rings is 2. The number of rotatable bonds is 4. The SMILES string of the molecule is COc1cccc(NC(=O)[C@H](C)[C@@H]2CCc3c(C)cc(O)c(C)c3C2)c1. The summed E-state index contributed by atoms with van der Waals surface area (Å²) in [5, 5.41) is 13.1. The number of aromatic hydroxyl groups is 1. The zero-order valence-electron chi connectivity index (χ0n) is 15.9. The van der Waals surface area contributed by atoms with E-state index in [0.29, 0.717) is 5.75 Å². The number of methoxy groups -OCH3 is 1. The van der Waals surface area contributed by atoms with Gasteiger partial charge in [-0.2, -0.15) is 0 Å². The average molecular weight is 353 g/mol. The Hall–Kier alpha value is -2.49. The van der Waals surface area contributed by atoms with Crippen molar-refractivity contribution in [3.05, 3.63) is 52.6 Å². The van der Waals surface area contributed by atoms with Gasteiger partial charge in [0.15, 0.2) is 0 Å². The fourth-order valence-electron chi connectivity index (χ4n) is 3.94. The Morgan fingerprint density at radius 2 is 2.04 bits per heavy atom. The molecule has 0 aromatic heterocycles. The molecule has 2 aromatic carbocycles. The summed E-state index contributed by atoms with van der Waals surface area (Å²) in [7, 11) is 1.61. The van der Waals surface area contributed by atoms with Crippen molar-refractivity contribution >= 4 is 11.6 Å². The number of nitrogens with one attached hydrogen (secondary N) is 1. The van der Waals surface area contributed by atoms with E-state index in [1.165, 1.54) is 11.1 Å². The van der Waals surface area contributed by atoms with Crippen LogP contribution in [0.25, 0.3) is 0 Å². The van der Waals surface area contributed by atoms with Crippen molar-refractivity contribution in [2.45, 2.75) is 40.0 Å². The number of ether oxygens (including phenoxy) is 1. The van der Waals surface area contributed by atoms with Crippen LogP contribution < -0.4 is 10.1 Å². The molecule has 0 bridgehead atoms. The molecule has 2 N–H and O–H groups in total. The average Bonchev–Trinajstić information content (AvgIpc) is 2.65. The molecule has 0 saturated heterocycles. The van der Waals surface area contributed by atoms with E-state index in [1.54, 1.807) is 7.11 Å². The van der Waals surface area contributed by atoms with Gasteiger partial charge in [0.1, 0.15) is 11.5 Å². The zero-order chi connectivity index (χ0) is 18.8. The number of amides is 1. The summed E-state index contributed by atoms with van der Waals surface area (Å²) in [4.78, 5) is 12.7. The molecule has 1 aliphatic rings. The lowest BCUT2D eigenvalue weighted by molar-refractivity contribution is -0.121. The number of carbonyl (C=O) groups is 1. The highest BCUT2D eigenvalue weighted by atomic mass is 16.5. The number of aryl methyl sites for hydroxylation is 1. The van der Waals surface area contributed by atoms with E-state index < -0.39 is 0 Å². The predicted octanol–water partition coefficient (Wildman–Crippen LogP) is 4.40. The molecule has 0 radical (unpaired) electrons. The second-order valence-corrected chi connectivity index (χ2v) is 7.31. The van der Waals surface area contributed by atoms with Gasteiger partial charge in [0.25, 0.3) is 0 Å². The number of phenols is 1. The van der Waals surface area contributed by atoms with Crippen LogP contribution in [0.2, 0.25) is 0 Å². The summed E-state index contributed by atoms with van der Waals surface area (Å²) in [5.74, 6) is 1.28. The molecule has 4 nitrogen and oxygen atoms in total. The van der Waals surface area contributed by atoms with Gasteiger partial charge in [0, 0.05) is 17.7 Å². The van der Waals surface area contributed by atoms with E-state index in [2.05, 4.69) is 12.2 Å². The van der Waals surface area contributed by atoms with Crippen molar-refractivity contribution in [1.82, 2.24) is 0 Å². The van der Waals surface area contributed by atoms with Gasteiger partial charge in [-0.3, -0.25) is 4.79 Å². The number of phenolic OH excluding ortho intramolecular Hbond substituents is 1. The van der Waals surface area contributed by atoms with Gasteiger partial charge in [-0.05, 0) is 79.5 Å². The van der Waals surface area contributed by atoms with Crippen LogP contribution in [0.15, 0.2) is 30.3 Å². The third-order valence-electron chi connectivity index (χ3n) is 5.72. The van der Waals surface area contributed by atoms with Gasteiger partial charge in [-0.15, -0.1) is 0 Å². The molecular formula is C22H27NO3. The molecule has 0 spiro atoms. The normalized spacial score (nSPS) is 17.3. The number of fused-ring (bicyclic) bond motifs is 1. The molecule has 0 fully saturated rings. The number of hydrogen-bond donors (Lipinski definition) is 2. The summed E-state index contributed by atoms with van der Waals surface area (Å²) in [6.07, 6.45) is 2.79. The highest BCUT2D eigenvalue weighted by Crippen LogP contribution is 2.37. The van der Waals surface area contributed by atoms with E-state index in [1.807, 2.05) is 44.2 Å². The predicted molar refractivity (Wildman–Crippen MR) is 104 cm³/mol. The Morgan fingerprint density at radius 3 is 2.77 bits per heavy atom. The molecule has 3 rings (SSSR count). The van der Waals surface area contributed by atoms with E-state index in [4.69, 9.17) is 4.74 Å². The monoisotopic (exact) mass is 353 g/mol. The third-order valence-corrected chi connectivity index (χ3v) is 5.72. The van der Waals surface area contributed by atoms with Crippen LogP contribution in [0.4, 0.5) is 5.69 Å². The molecule has 0 saturated carbocycles. The van der Waals surface area contributed by atoms with Gasteiger partial charge in [0.05, 0.1) is 7.11 Å². The Bertz CT molecular complexity index is 828. The van der Waals surface area contributed by atoms with E-state index in [9.17, 15) is 9.90 Å². The first-order chi connectivity index (χ1) is 12.4. The molecule has 0 unspecified atom stereocenters. The van der Waals surface area contributed by atoms with Crippen molar-refractivity contribution in [3.8, 4) is 11.5 Å². The van der Waals surface area contributed by atoms with Crippen LogP contribution >= 0.6 is 0 Å². The van der Waals surface area contributed by atoms with Crippen molar-refractivity contribution in [3.63, 3.8) is 0 Å². The van der Waals surface area contributed by atoms with Gasteiger partial charge in [-0.1, -0.05) is 13.0 Å². The maximum atomic E-state index is 12.7. The minimum Gasteiger partial charge on any atom is -0.508 e. The highest BCUT2D eigenvalue weighted by Gasteiger charge is 2.30. The van der Waals surface area contributed by atoms with Gasteiger partial charge in [0.2, 0.25) is 5.91 Å². The Balaban J connectivity index is 1.74. The molecule has 4 heteroatoms. The molecule has 138 valence electrons. The lowest BCUT2D eigenvalue weighted by Gasteiger charge is -2.31. The second kappa shape index (κ2) is 7.40. The van der Waals surface area contributed by atoms with Gasteiger partial charge in [-0.25, -0.2) is 0 Å². The van der Waals surface area contributed by atoms with E-state index in [0.717, 1.165) is 41.8 Å². The zero-order valence-corrected chi connectivity index (χ0v) is 15.9. The van der Waals surface area contributed by atoms with Crippen molar-refractivity contribution in [2.75, 3.05) is 12.4 Å². The maximum Gasteiger partial charge on any atom is 0.227 e.